The smallest absolute Gasteiger partial charge is 0.191 e. The van der Waals surface area contributed by atoms with Crippen molar-refractivity contribution in [2.45, 2.75) is 24.3 Å². The zero-order valence-electron chi connectivity index (χ0n) is 18.7. The Balaban J connectivity index is 1.45. The first-order chi connectivity index (χ1) is 15.7. The summed E-state index contributed by atoms with van der Waals surface area (Å²) >= 11 is 1.66. The second kappa shape index (κ2) is 8.96. The van der Waals surface area contributed by atoms with Gasteiger partial charge in [-0.25, -0.2) is 15.0 Å². The molecule has 0 saturated carbocycles. The second-order valence-electron chi connectivity index (χ2n) is 7.88. The van der Waals surface area contributed by atoms with Crippen LogP contribution < -0.4 is 9.64 Å². The summed E-state index contributed by atoms with van der Waals surface area (Å²) in [6.45, 7) is 5.19. The molecule has 0 spiro atoms. The van der Waals surface area contributed by atoms with Gasteiger partial charge in [0.15, 0.2) is 22.1 Å². The molecule has 0 atom stereocenters. The lowest BCUT2D eigenvalue weighted by Crippen LogP contribution is -2.37. The molecule has 5 rings (SSSR count). The van der Waals surface area contributed by atoms with E-state index in [2.05, 4.69) is 46.7 Å². The van der Waals surface area contributed by atoms with Crippen LogP contribution in [0.5, 0.6) is 5.75 Å². The molecule has 0 amide bonds. The van der Waals surface area contributed by atoms with Gasteiger partial charge in [0.2, 0.25) is 0 Å². The second-order valence-corrected chi connectivity index (χ2v) is 8.82. The first-order valence-electron chi connectivity index (χ1n) is 10.9. The van der Waals surface area contributed by atoms with Crippen molar-refractivity contribution in [2.24, 2.45) is 7.05 Å². The minimum absolute atomic E-state index is 0.712. The molecule has 0 unspecified atom stereocenters. The minimum Gasteiger partial charge on any atom is -0.497 e. The lowest BCUT2D eigenvalue weighted by atomic mass is 10.1. The van der Waals surface area contributed by atoms with Gasteiger partial charge >= 0.3 is 0 Å². The number of ether oxygens (including phenoxy) is 2. The van der Waals surface area contributed by atoms with Crippen LogP contribution in [-0.4, -0.2) is 52.9 Å². The van der Waals surface area contributed by atoms with Gasteiger partial charge in [0.05, 0.1) is 20.3 Å². The Labute approximate surface area is 191 Å². The van der Waals surface area contributed by atoms with Gasteiger partial charge in [0.1, 0.15) is 11.6 Å². The van der Waals surface area contributed by atoms with Crippen LogP contribution in [-0.2, 0) is 24.0 Å². The fourth-order valence-electron chi connectivity index (χ4n) is 4.09. The fourth-order valence-corrected chi connectivity index (χ4v) is 4.86. The molecule has 1 saturated heterocycles. The van der Waals surface area contributed by atoms with E-state index in [1.165, 1.54) is 16.3 Å². The molecule has 0 N–H and O–H groups in total. The molecule has 2 aromatic heterocycles. The first kappa shape index (κ1) is 21.0. The van der Waals surface area contributed by atoms with Gasteiger partial charge < -0.3 is 18.9 Å². The van der Waals surface area contributed by atoms with Crippen molar-refractivity contribution in [2.75, 3.05) is 38.3 Å². The SMILES string of the molecule is CCc1nc2c(N3CCOCC3)nc(SCc3ccc4cc(OC)ccc4c3)nc2n1C. The molecule has 3 heterocycles. The van der Waals surface area contributed by atoms with Crippen LogP contribution in [0.15, 0.2) is 41.6 Å². The van der Waals surface area contributed by atoms with E-state index in [-0.39, 0.29) is 0 Å². The number of morpholine rings is 1. The molecule has 1 fully saturated rings. The summed E-state index contributed by atoms with van der Waals surface area (Å²) in [5.41, 5.74) is 3.02. The zero-order valence-corrected chi connectivity index (χ0v) is 19.5. The molecule has 8 heteroatoms. The van der Waals surface area contributed by atoms with Crippen molar-refractivity contribution in [3.05, 3.63) is 47.8 Å². The maximum atomic E-state index is 5.54. The summed E-state index contributed by atoms with van der Waals surface area (Å²) < 4.78 is 13.0. The molecule has 1 aliphatic rings. The van der Waals surface area contributed by atoms with E-state index in [1.807, 2.05) is 13.1 Å². The summed E-state index contributed by atoms with van der Waals surface area (Å²) in [7, 11) is 3.73. The first-order valence-corrected chi connectivity index (χ1v) is 11.9. The van der Waals surface area contributed by atoms with Crippen LogP contribution in [0.1, 0.15) is 18.3 Å². The fraction of sp³-hybridized carbons (Fsp3) is 0.375. The average molecular weight is 450 g/mol. The number of fused-ring (bicyclic) bond motifs is 2. The molecule has 32 heavy (non-hydrogen) atoms. The van der Waals surface area contributed by atoms with E-state index in [0.717, 1.165) is 59.0 Å². The molecule has 7 nitrogen and oxygen atoms in total. The Hall–Kier alpha value is -2.84. The summed E-state index contributed by atoms with van der Waals surface area (Å²) in [5.74, 6) is 3.62. The highest BCUT2D eigenvalue weighted by Crippen LogP contribution is 2.30. The van der Waals surface area contributed by atoms with E-state index in [4.69, 9.17) is 24.4 Å². The number of hydrogen-bond acceptors (Lipinski definition) is 7. The number of rotatable bonds is 6. The number of anilines is 1. The molecule has 0 radical (unpaired) electrons. The van der Waals surface area contributed by atoms with Crippen LogP contribution in [0.25, 0.3) is 21.9 Å². The Kier molecular flexibility index (Phi) is 5.89. The number of benzene rings is 2. The van der Waals surface area contributed by atoms with E-state index in [1.54, 1.807) is 18.9 Å². The Morgan fingerprint density at radius 2 is 1.81 bits per heavy atom. The van der Waals surface area contributed by atoms with Crippen LogP contribution in [0, 0.1) is 0 Å². The predicted octanol–water partition coefficient (Wildman–Crippen LogP) is 4.22. The number of imidazole rings is 1. The third kappa shape index (κ3) is 4.00. The van der Waals surface area contributed by atoms with Crippen molar-refractivity contribution in [3.8, 4) is 5.75 Å². The highest BCUT2D eigenvalue weighted by atomic mass is 32.2. The van der Waals surface area contributed by atoms with Gasteiger partial charge in [-0.05, 0) is 28.5 Å². The maximum Gasteiger partial charge on any atom is 0.191 e. The molecule has 166 valence electrons. The van der Waals surface area contributed by atoms with Crippen molar-refractivity contribution < 1.29 is 9.47 Å². The maximum absolute atomic E-state index is 5.54. The van der Waals surface area contributed by atoms with Crippen molar-refractivity contribution in [3.63, 3.8) is 0 Å². The number of hydrogen-bond donors (Lipinski definition) is 0. The van der Waals surface area contributed by atoms with Crippen LogP contribution in [0.3, 0.4) is 0 Å². The summed E-state index contributed by atoms with van der Waals surface area (Å²) in [5, 5.41) is 3.15. The van der Waals surface area contributed by atoms with Gasteiger partial charge in [-0.3, -0.25) is 0 Å². The normalized spacial score (nSPS) is 14.4. The standard InChI is InChI=1S/C24H27N5O2S/c1-4-20-25-21-22(28(20)2)26-24(27-23(21)29-9-11-31-12-10-29)32-15-16-5-6-18-14-19(30-3)8-7-17(18)13-16/h5-8,13-14H,4,9-12,15H2,1-3H3. The Morgan fingerprint density at radius 3 is 2.59 bits per heavy atom. The third-order valence-electron chi connectivity index (χ3n) is 5.88. The Bertz CT molecular complexity index is 1270. The van der Waals surface area contributed by atoms with E-state index in [0.29, 0.717) is 13.2 Å². The number of aromatic nitrogens is 4. The minimum atomic E-state index is 0.712. The molecule has 0 aliphatic carbocycles. The van der Waals surface area contributed by atoms with Gasteiger partial charge in [0.25, 0.3) is 0 Å². The van der Waals surface area contributed by atoms with Crippen LogP contribution in [0.4, 0.5) is 5.82 Å². The van der Waals surface area contributed by atoms with Gasteiger partial charge in [0, 0.05) is 32.3 Å². The van der Waals surface area contributed by atoms with Crippen molar-refractivity contribution >= 4 is 39.5 Å². The number of thioether (sulfide) groups is 1. The number of methoxy groups -OCH3 is 1. The molecule has 2 aromatic carbocycles. The largest absolute Gasteiger partial charge is 0.497 e. The van der Waals surface area contributed by atoms with Gasteiger partial charge in [-0.2, -0.15) is 0 Å². The Morgan fingerprint density at radius 1 is 1.03 bits per heavy atom. The highest BCUT2D eigenvalue weighted by molar-refractivity contribution is 7.98. The molecule has 4 aromatic rings. The lowest BCUT2D eigenvalue weighted by Gasteiger charge is -2.28. The summed E-state index contributed by atoms with van der Waals surface area (Å²) in [4.78, 5) is 16.9. The predicted molar refractivity (Wildman–Crippen MR) is 129 cm³/mol. The number of aryl methyl sites for hydroxylation is 2. The molecular formula is C24H27N5O2S. The van der Waals surface area contributed by atoms with E-state index in [9.17, 15) is 0 Å². The zero-order chi connectivity index (χ0) is 22.1. The van der Waals surface area contributed by atoms with E-state index < -0.39 is 0 Å². The topological polar surface area (TPSA) is 65.3 Å². The average Bonchev–Trinajstić information content (AvgIpc) is 3.17. The molecule has 1 aliphatic heterocycles. The molecule has 0 bridgehead atoms. The quantitative estimate of drug-likeness (QED) is 0.323. The number of nitrogens with zero attached hydrogens (tertiary/aromatic N) is 5. The van der Waals surface area contributed by atoms with E-state index >= 15 is 0 Å². The van der Waals surface area contributed by atoms with Crippen molar-refractivity contribution in [1.82, 2.24) is 19.5 Å². The van der Waals surface area contributed by atoms with Gasteiger partial charge in [-0.15, -0.1) is 0 Å². The van der Waals surface area contributed by atoms with Crippen LogP contribution >= 0.6 is 11.8 Å². The van der Waals surface area contributed by atoms with Crippen LogP contribution in [0.2, 0.25) is 0 Å². The summed E-state index contributed by atoms with van der Waals surface area (Å²) in [6.07, 6.45) is 0.861. The third-order valence-corrected chi connectivity index (χ3v) is 6.80. The van der Waals surface area contributed by atoms with Gasteiger partial charge in [-0.1, -0.05) is 43.0 Å². The lowest BCUT2D eigenvalue weighted by molar-refractivity contribution is 0.122. The highest BCUT2D eigenvalue weighted by Gasteiger charge is 2.21. The summed E-state index contributed by atoms with van der Waals surface area (Å²) in [6, 6.07) is 12.7. The molecular weight excluding hydrogens is 422 g/mol. The monoisotopic (exact) mass is 449 g/mol. The van der Waals surface area contributed by atoms with Crippen molar-refractivity contribution in [1.29, 1.82) is 0 Å².